The Kier molecular flexibility index (Phi) is 4.74. The van der Waals surface area contributed by atoms with E-state index in [9.17, 15) is 13.2 Å². The number of hydrogen-bond acceptors (Lipinski definition) is 4. The van der Waals surface area contributed by atoms with Gasteiger partial charge in [-0.15, -0.1) is 0 Å². The van der Waals surface area contributed by atoms with Crippen molar-refractivity contribution in [2.45, 2.75) is 39.2 Å². The zero-order chi connectivity index (χ0) is 14.0. The van der Waals surface area contributed by atoms with Gasteiger partial charge in [-0.25, -0.2) is 0 Å². The minimum absolute atomic E-state index is 0.193. The van der Waals surface area contributed by atoms with E-state index in [0.29, 0.717) is 19.4 Å². The first-order valence-corrected chi connectivity index (χ1v) is 7.46. The average Bonchev–Trinajstić information content (AvgIpc) is 2.25. The maximum Gasteiger partial charge on any atom is 0.309 e. The van der Waals surface area contributed by atoms with Crippen LogP contribution in [0.25, 0.3) is 0 Å². The zero-order valence-corrected chi connectivity index (χ0v) is 12.2. The standard InChI is InChI=1S/C11H22N2O4S/c1-11(2,3)12-18(15,16)13-7-5-6-9(8-13)10(14)17-4/h9,12H,5-8H2,1-4H3. The van der Waals surface area contributed by atoms with Crippen molar-refractivity contribution in [3.63, 3.8) is 0 Å². The lowest BCUT2D eigenvalue weighted by Gasteiger charge is -2.33. The average molecular weight is 278 g/mol. The summed E-state index contributed by atoms with van der Waals surface area (Å²) in [5.74, 6) is -0.703. The molecule has 1 aliphatic rings. The van der Waals surface area contributed by atoms with Crippen molar-refractivity contribution >= 4 is 16.2 Å². The highest BCUT2D eigenvalue weighted by molar-refractivity contribution is 7.87. The maximum atomic E-state index is 12.1. The lowest BCUT2D eigenvalue weighted by Crippen LogP contribution is -2.52. The van der Waals surface area contributed by atoms with E-state index in [1.54, 1.807) is 20.8 Å². The molecule has 7 heteroatoms. The lowest BCUT2D eigenvalue weighted by atomic mass is 10.0. The molecule has 1 fully saturated rings. The zero-order valence-electron chi connectivity index (χ0n) is 11.4. The molecule has 1 unspecified atom stereocenters. The van der Waals surface area contributed by atoms with Crippen molar-refractivity contribution in [1.82, 2.24) is 9.03 Å². The minimum atomic E-state index is -3.54. The Morgan fingerprint density at radius 1 is 1.39 bits per heavy atom. The highest BCUT2D eigenvalue weighted by atomic mass is 32.2. The van der Waals surface area contributed by atoms with Gasteiger partial charge < -0.3 is 4.74 Å². The smallest absolute Gasteiger partial charge is 0.309 e. The number of esters is 1. The van der Waals surface area contributed by atoms with Crippen LogP contribution in [0.15, 0.2) is 0 Å². The second kappa shape index (κ2) is 5.54. The Labute approximate surface area is 109 Å². The number of methoxy groups -OCH3 is 1. The normalized spacial score (nSPS) is 22.8. The Bertz CT molecular complexity index is 400. The molecule has 106 valence electrons. The van der Waals surface area contributed by atoms with E-state index in [1.165, 1.54) is 11.4 Å². The van der Waals surface area contributed by atoms with Crippen molar-refractivity contribution in [2.75, 3.05) is 20.2 Å². The Morgan fingerprint density at radius 2 is 2.00 bits per heavy atom. The second-order valence-electron chi connectivity index (χ2n) is 5.58. The fourth-order valence-corrected chi connectivity index (χ4v) is 3.62. The molecule has 0 radical (unpaired) electrons. The van der Waals surface area contributed by atoms with Crippen molar-refractivity contribution < 1.29 is 17.9 Å². The van der Waals surface area contributed by atoms with Crippen LogP contribution in [0.4, 0.5) is 0 Å². The van der Waals surface area contributed by atoms with Crippen LogP contribution in [0.2, 0.25) is 0 Å². The number of carbonyl (C=O) groups is 1. The van der Waals surface area contributed by atoms with Crippen LogP contribution in [0.3, 0.4) is 0 Å². The highest BCUT2D eigenvalue weighted by Crippen LogP contribution is 2.20. The van der Waals surface area contributed by atoms with Gasteiger partial charge in [0.15, 0.2) is 0 Å². The summed E-state index contributed by atoms with van der Waals surface area (Å²) in [6.45, 7) is 5.99. The summed E-state index contributed by atoms with van der Waals surface area (Å²) in [6, 6.07) is 0. The number of nitrogens with zero attached hydrogens (tertiary/aromatic N) is 1. The predicted octanol–water partition coefficient (Wildman–Crippen LogP) is 0.504. The summed E-state index contributed by atoms with van der Waals surface area (Å²) < 4.78 is 32.8. The van der Waals surface area contributed by atoms with Gasteiger partial charge in [-0.05, 0) is 33.6 Å². The van der Waals surface area contributed by atoms with Crippen LogP contribution < -0.4 is 4.72 Å². The van der Waals surface area contributed by atoms with Crippen LogP contribution in [0.1, 0.15) is 33.6 Å². The molecule has 0 saturated carbocycles. The molecule has 1 aliphatic heterocycles. The van der Waals surface area contributed by atoms with Crippen LogP contribution in [0, 0.1) is 5.92 Å². The molecule has 1 N–H and O–H groups in total. The van der Waals surface area contributed by atoms with Crippen molar-refractivity contribution in [3.05, 3.63) is 0 Å². The van der Waals surface area contributed by atoms with Crippen LogP contribution >= 0.6 is 0 Å². The molecule has 0 bridgehead atoms. The van der Waals surface area contributed by atoms with Gasteiger partial charge in [-0.1, -0.05) is 0 Å². The third kappa shape index (κ3) is 4.22. The molecule has 18 heavy (non-hydrogen) atoms. The van der Waals surface area contributed by atoms with Gasteiger partial charge in [0.2, 0.25) is 0 Å². The molecule has 1 heterocycles. The van der Waals surface area contributed by atoms with E-state index in [4.69, 9.17) is 0 Å². The molecule has 1 rings (SSSR count). The molecule has 6 nitrogen and oxygen atoms in total. The number of piperidine rings is 1. The van der Waals surface area contributed by atoms with Crippen molar-refractivity contribution in [1.29, 1.82) is 0 Å². The summed E-state index contributed by atoms with van der Waals surface area (Å²) in [6.07, 6.45) is 1.35. The number of nitrogens with one attached hydrogen (secondary N) is 1. The SMILES string of the molecule is COC(=O)C1CCCN(S(=O)(=O)NC(C)(C)C)C1. The highest BCUT2D eigenvalue weighted by Gasteiger charge is 2.34. The monoisotopic (exact) mass is 278 g/mol. The van der Waals surface area contributed by atoms with Crippen LogP contribution in [-0.4, -0.2) is 44.4 Å². The molecule has 0 aliphatic carbocycles. The number of carbonyl (C=O) groups excluding carboxylic acids is 1. The van der Waals surface area contributed by atoms with Gasteiger partial charge in [-0.3, -0.25) is 4.79 Å². The van der Waals surface area contributed by atoms with Crippen molar-refractivity contribution in [3.8, 4) is 0 Å². The number of hydrogen-bond donors (Lipinski definition) is 1. The molecule has 0 aromatic heterocycles. The molecular weight excluding hydrogens is 256 g/mol. The molecule has 0 aromatic rings. The number of rotatable bonds is 3. The van der Waals surface area contributed by atoms with E-state index in [2.05, 4.69) is 9.46 Å². The lowest BCUT2D eigenvalue weighted by molar-refractivity contribution is -0.146. The molecule has 0 amide bonds. The molecule has 0 spiro atoms. The summed E-state index contributed by atoms with van der Waals surface area (Å²) in [4.78, 5) is 11.5. The first-order chi connectivity index (χ1) is 8.15. The van der Waals surface area contributed by atoms with E-state index in [0.717, 1.165) is 0 Å². The third-order valence-corrected chi connectivity index (χ3v) is 4.58. The van der Waals surface area contributed by atoms with Gasteiger partial charge in [0.25, 0.3) is 10.2 Å². The largest absolute Gasteiger partial charge is 0.469 e. The van der Waals surface area contributed by atoms with Gasteiger partial charge in [0.1, 0.15) is 0 Å². The maximum absolute atomic E-state index is 12.1. The third-order valence-electron chi connectivity index (χ3n) is 2.69. The van der Waals surface area contributed by atoms with E-state index in [-0.39, 0.29) is 18.4 Å². The fourth-order valence-electron chi connectivity index (χ4n) is 1.97. The second-order valence-corrected chi connectivity index (χ2v) is 7.25. The fraction of sp³-hybridized carbons (Fsp3) is 0.909. The molecular formula is C11H22N2O4S. The first kappa shape index (κ1) is 15.4. The van der Waals surface area contributed by atoms with Crippen molar-refractivity contribution in [2.24, 2.45) is 5.92 Å². The topological polar surface area (TPSA) is 75.7 Å². The molecule has 0 aromatic carbocycles. The van der Waals surface area contributed by atoms with Gasteiger partial charge in [0.05, 0.1) is 13.0 Å². The summed E-state index contributed by atoms with van der Waals surface area (Å²) in [7, 11) is -2.22. The quantitative estimate of drug-likeness (QED) is 0.763. The molecule has 1 saturated heterocycles. The summed E-state index contributed by atoms with van der Waals surface area (Å²) in [5.41, 5.74) is -0.531. The van der Waals surface area contributed by atoms with E-state index < -0.39 is 15.7 Å². The van der Waals surface area contributed by atoms with E-state index in [1.807, 2.05) is 0 Å². The van der Waals surface area contributed by atoms with Gasteiger partial charge in [0, 0.05) is 18.6 Å². The summed E-state index contributed by atoms with van der Waals surface area (Å²) >= 11 is 0. The first-order valence-electron chi connectivity index (χ1n) is 6.02. The predicted molar refractivity (Wildman–Crippen MR) is 68.1 cm³/mol. The van der Waals surface area contributed by atoms with Crippen LogP contribution in [-0.2, 0) is 19.7 Å². The van der Waals surface area contributed by atoms with Gasteiger partial charge in [-0.2, -0.15) is 17.4 Å². The number of ether oxygens (including phenoxy) is 1. The Hall–Kier alpha value is -0.660. The van der Waals surface area contributed by atoms with E-state index >= 15 is 0 Å². The van der Waals surface area contributed by atoms with Crippen LogP contribution in [0.5, 0.6) is 0 Å². The molecule has 1 atom stereocenters. The Balaban J connectivity index is 2.75. The minimum Gasteiger partial charge on any atom is -0.469 e. The van der Waals surface area contributed by atoms with Gasteiger partial charge >= 0.3 is 5.97 Å². The summed E-state index contributed by atoms with van der Waals surface area (Å²) in [5, 5.41) is 0. The Morgan fingerprint density at radius 3 is 2.50 bits per heavy atom.